The minimum absolute atomic E-state index is 0.103. The van der Waals surface area contributed by atoms with Gasteiger partial charge >= 0.3 is 0 Å². The molecule has 0 saturated carbocycles. The summed E-state index contributed by atoms with van der Waals surface area (Å²) in [7, 11) is 1.49. The SMILES string of the molecule is COc1cc(C(=S)S)ccc1O. The van der Waals surface area contributed by atoms with Crippen molar-refractivity contribution in [3.05, 3.63) is 23.8 Å². The van der Waals surface area contributed by atoms with Gasteiger partial charge in [0.2, 0.25) is 0 Å². The highest BCUT2D eigenvalue weighted by molar-refractivity contribution is 8.11. The van der Waals surface area contributed by atoms with Crippen LogP contribution in [0, 0.1) is 0 Å². The van der Waals surface area contributed by atoms with Gasteiger partial charge in [0.25, 0.3) is 0 Å². The van der Waals surface area contributed by atoms with E-state index in [1.165, 1.54) is 13.2 Å². The molecule has 12 heavy (non-hydrogen) atoms. The summed E-state index contributed by atoms with van der Waals surface area (Å²) in [6.07, 6.45) is 0. The third-order valence-corrected chi connectivity index (χ3v) is 1.92. The van der Waals surface area contributed by atoms with Crippen molar-refractivity contribution in [2.75, 3.05) is 7.11 Å². The minimum Gasteiger partial charge on any atom is -0.504 e. The van der Waals surface area contributed by atoms with Gasteiger partial charge in [-0.25, -0.2) is 0 Å². The zero-order chi connectivity index (χ0) is 9.14. The molecule has 0 saturated heterocycles. The molecule has 0 aliphatic heterocycles. The van der Waals surface area contributed by atoms with Crippen molar-refractivity contribution in [3.63, 3.8) is 0 Å². The lowest BCUT2D eigenvalue weighted by molar-refractivity contribution is 0.373. The highest BCUT2D eigenvalue weighted by Gasteiger charge is 2.03. The first-order valence-corrected chi connectivity index (χ1v) is 4.11. The molecule has 0 radical (unpaired) electrons. The van der Waals surface area contributed by atoms with Crippen LogP contribution in [0.25, 0.3) is 0 Å². The van der Waals surface area contributed by atoms with Crippen LogP contribution < -0.4 is 4.74 Å². The maximum absolute atomic E-state index is 9.22. The molecule has 0 unspecified atom stereocenters. The van der Waals surface area contributed by atoms with Crippen LogP contribution in [0.3, 0.4) is 0 Å². The molecule has 64 valence electrons. The van der Waals surface area contributed by atoms with Crippen molar-refractivity contribution in [3.8, 4) is 11.5 Å². The summed E-state index contributed by atoms with van der Waals surface area (Å²) in [6, 6.07) is 4.86. The van der Waals surface area contributed by atoms with Crippen molar-refractivity contribution in [2.24, 2.45) is 0 Å². The molecule has 0 amide bonds. The smallest absolute Gasteiger partial charge is 0.161 e. The fourth-order valence-corrected chi connectivity index (χ4v) is 1.08. The standard InChI is InChI=1S/C8H8O2S2/c1-10-7-4-5(8(11)12)2-3-6(7)9/h2-4,9H,1H3,(H,11,12). The van der Waals surface area contributed by atoms with Gasteiger partial charge in [0, 0.05) is 5.56 Å². The van der Waals surface area contributed by atoms with Crippen LogP contribution in [0.4, 0.5) is 0 Å². The Morgan fingerprint density at radius 1 is 1.58 bits per heavy atom. The lowest BCUT2D eigenvalue weighted by atomic mass is 10.2. The van der Waals surface area contributed by atoms with E-state index in [1.54, 1.807) is 12.1 Å². The second kappa shape index (κ2) is 3.78. The minimum atomic E-state index is 0.103. The van der Waals surface area contributed by atoms with Crippen molar-refractivity contribution in [1.82, 2.24) is 0 Å². The number of thiol groups is 1. The molecule has 1 rings (SSSR count). The summed E-state index contributed by atoms with van der Waals surface area (Å²) in [5, 5.41) is 9.22. The van der Waals surface area contributed by atoms with E-state index in [-0.39, 0.29) is 5.75 Å². The highest BCUT2D eigenvalue weighted by Crippen LogP contribution is 2.26. The topological polar surface area (TPSA) is 29.5 Å². The number of thiocarbonyl (C=S) groups is 1. The summed E-state index contributed by atoms with van der Waals surface area (Å²) < 4.78 is 5.37. The highest BCUT2D eigenvalue weighted by atomic mass is 32.1. The van der Waals surface area contributed by atoms with Crippen molar-refractivity contribution in [2.45, 2.75) is 0 Å². The molecule has 0 aliphatic rings. The average Bonchev–Trinajstić information content (AvgIpc) is 2.05. The lowest BCUT2D eigenvalue weighted by Crippen LogP contribution is -1.89. The summed E-state index contributed by atoms with van der Waals surface area (Å²) in [6.45, 7) is 0. The molecule has 1 N–H and O–H groups in total. The van der Waals surface area contributed by atoms with Gasteiger partial charge in [-0.1, -0.05) is 12.2 Å². The molecule has 0 bridgehead atoms. The molecule has 0 fully saturated rings. The number of aromatic hydroxyl groups is 1. The number of phenolic OH excluding ortho intramolecular Hbond substituents is 1. The Kier molecular flexibility index (Phi) is 2.94. The van der Waals surface area contributed by atoms with Crippen LogP contribution in [0.1, 0.15) is 5.56 Å². The number of hydrogen-bond donors (Lipinski definition) is 2. The number of benzene rings is 1. The predicted molar refractivity (Wildman–Crippen MR) is 55.3 cm³/mol. The van der Waals surface area contributed by atoms with E-state index in [1.807, 2.05) is 0 Å². The quantitative estimate of drug-likeness (QED) is 0.565. The van der Waals surface area contributed by atoms with Crippen molar-refractivity contribution < 1.29 is 9.84 Å². The summed E-state index contributed by atoms with van der Waals surface area (Å²) in [5.74, 6) is 0.509. The van der Waals surface area contributed by atoms with Gasteiger partial charge in [0.15, 0.2) is 11.5 Å². The lowest BCUT2D eigenvalue weighted by Gasteiger charge is -2.04. The fourth-order valence-electron chi connectivity index (χ4n) is 0.811. The van der Waals surface area contributed by atoms with Gasteiger partial charge in [0.05, 0.1) is 11.3 Å². The Bertz CT molecular complexity index is 310. The second-order valence-electron chi connectivity index (χ2n) is 2.19. The first-order chi connectivity index (χ1) is 5.65. The van der Waals surface area contributed by atoms with Gasteiger partial charge < -0.3 is 9.84 Å². The van der Waals surface area contributed by atoms with Crippen LogP contribution in [0.5, 0.6) is 11.5 Å². The predicted octanol–water partition coefficient (Wildman–Crippen LogP) is 2.01. The number of rotatable bonds is 2. The monoisotopic (exact) mass is 200 g/mol. The Labute approximate surface area is 81.6 Å². The Hall–Kier alpha value is -0.740. The number of phenols is 1. The molecule has 0 aromatic heterocycles. The normalized spacial score (nSPS) is 9.50. The van der Waals surface area contributed by atoms with Gasteiger partial charge in [-0.2, -0.15) is 0 Å². The third-order valence-electron chi connectivity index (χ3n) is 1.43. The summed E-state index contributed by atoms with van der Waals surface area (Å²) in [4.78, 5) is 0. The molecule has 1 aromatic rings. The number of hydrogen-bond acceptors (Lipinski definition) is 3. The Morgan fingerprint density at radius 2 is 2.25 bits per heavy atom. The van der Waals surface area contributed by atoms with Crippen molar-refractivity contribution >= 4 is 29.0 Å². The van der Waals surface area contributed by atoms with Crippen LogP contribution in [0.2, 0.25) is 0 Å². The zero-order valence-corrected chi connectivity index (χ0v) is 8.15. The average molecular weight is 200 g/mol. The van der Waals surface area contributed by atoms with Crippen LogP contribution in [0.15, 0.2) is 18.2 Å². The first-order valence-electron chi connectivity index (χ1n) is 3.25. The second-order valence-corrected chi connectivity index (χ2v) is 3.35. The van der Waals surface area contributed by atoms with E-state index >= 15 is 0 Å². The first kappa shape index (κ1) is 9.35. The van der Waals surface area contributed by atoms with E-state index in [4.69, 9.17) is 17.0 Å². The van der Waals surface area contributed by atoms with E-state index < -0.39 is 0 Å². The van der Waals surface area contributed by atoms with E-state index in [2.05, 4.69) is 12.6 Å². The van der Waals surface area contributed by atoms with Gasteiger partial charge in [-0.3, -0.25) is 0 Å². The number of methoxy groups -OCH3 is 1. The van der Waals surface area contributed by atoms with Crippen molar-refractivity contribution in [1.29, 1.82) is 0 Å². The molecular formula is C8H8O2S2. The third kappa shape index (κ3) is 1.89. The Balaban J connectivity index is 3.13. The summed E-state index contributed by atoms with van der Waals surface area (Å²) >= 11 is 8.84. The van der Waals surface area contributed by atoms with E-state index in [0.29, 0.717) is 9.95 Å². The molecule has 4 heteroatoms. The van der Waals surface area contributed by atoms with Gasteiger partial charge in [0.1, 0.15) is 0 Å². The fraction of sp³-hybridized carbons (Fsp3) is 0.125. The number of ether oxygens (including phenoxy) is 1. The summed E-state index contributed by atoms with van der Waals surface area (Å²) in [5.41, 5.74) is 0.767. The zero-order valence-electron chi connectivity index (χ0n) is 6.44. The molecule has 0 heterocycles. The largest absolute Gasteiger partial charge is 0.504 e. The van der Waals surface area contributed by atoms with Crippen LogP contribution >= 0.6 is 24.8 Å². The molecule has 2 nitrogen and oxygen atoms in total. The molecule has 0 spiro atoms. The van der Waals surface area contributed by atoms with Gasteiger partial charge in [-0.15, -0.1) is 12.6 Å². The molecule has 1 aromatic carbocycles. The van der Waals surface area contributed by atoms with E-state index in [9.17, 15) is 5.11 Å². The molecule has 0 aliphatic carbocycles. The maximum atomic E-state index is 9.22. The molecular weight excluding hydrogens is 192 g/mol. The Morgan fingerprint density at radius 3 is 2.75 bits per heavy atom. The van der Waals surface area contributed by atoms with Crippen LogP contribution in [-0.2, 0) is 0 Å². The maximum Gasteiger partial charge on any atom is 0.161 e. The van der Waals surface area contributed by atoms with Crippen LogP contribution in [-0.4, -0.2) is 16.4 Å². The molecule has 0 atom stereocenters. The van der Waals surface area contributed by atoms with E-state index in [0.717, 1.165) is 5.56 Å². The van der Waals surface area contributed by atoms with Gasteiger partial charge in [-0.05, 0) is 18.2 Å².